The van der Waals surface area contributed by atoms with E-state index in [1.165, 1.54) is 0 Å². The number of furan rings is 1. The van der Waals surface area contributed by atoms with Crippen molar-refractivity contribution in [1.82, 2.24) is 0 Å². The summed E-state index contributed by atoms with van der Waals surface area (Å²) in [4.78, 5) is 0. The van der Waals surface area contributed by atoms with Gasteiger partial charge in [0.25, 0.3) is 6.01 Å². The van der Waals surface area contributed by atoms with Crippen LogP contribution in [0.3, 0.4) is 0 Å². The predicted molar refractivity (Wildman–Crippen MR) is 25.2 cm³/mol. The summed E-state index contributed by atoms with van der Waals surface area (Å²) in [6.45, 7) is 0. The Bertz CT molecular complexity index is 144. The van der Waals surface area contributed by atoms with Crippen molar-refractivity contribution in [3.8, 4) is 0 Å². The van der Waals surface area contributed by atoms with Crippen LogP contribution >= 0.6 is 15.9 Å². The summed E-state index contributed by atoms with van der Waals surface area (Å²) < 4.78 is 16.3. The highest BCUT2D eigenvalue weighted by Gasteiger charge is 1.97. The van der Waals surface area contributed by atoms with E-state index in [0.717, 1.165) is 6.26 Å². The summed E-state index contributed by atoms with van der Waals surface area (Å²) in [5, 5.41) is 0. The maximum atomic E-state index is 11.8. The fraction of sp³-hybridized carbons (Fsp3) is 0. The number of rotatable bonds is 0. The molecule has 1 nitrogen and oxygen atoms in total. The van der Waals surface area contributed by atoms with Gasteiger partial charge in [-0.25, -0.2) is 0 Å². The Balaban J connectivity index is 3.12. The third kappa shape index (κ3) is 0.825. The van der Waals surface area contributed by atoms with E-state index in [2.05, 4.69) is 26.4 Å². The first-order valence-electron chi connectivity index (χ1n) is 1.61. The van der Waals surface area contributed by atoms with Gasteiger partial charge in [-0.3, -0.25) is 0 Å². The second-order valence-corrected chi connectivity index (χ2v) is 1.76. The fourth-order valence-electron chi connectivity index (χ4n) is 0.241. The number of hydrogen-bond donors (Lipinski definition) is 0. The average Bonchev–Trinajstić information content (AvgIpc) is 1.91. The van der Waals surface area contributed by atoms with Crippen LogP contribution in [0.15, 0.2) is 15.2 Å². The summed E-state index contributed by atoms with van der Waals surface area (Å²) in [5.74, 6) is 0. The van der Waals surface area contributed by atoms with Crippen molar-refractivity contribution in [2.24, 2.45) is 0 Å². The quantitative estimate of drug-likeness (QED) is 0.571. The third-order valence-electron chi connectivity index (χ3n) is 0.521. The highest BCUT2D eigenvalue weighted by Crippen LogP contribution is 2.13. The van der Waals surface area contributed by atoms with Crippen molar-refractivity contribution in [2.75, 3.05) is 0 Å². The molecule has 1 rings (SSSR count). The first kappa shape index (κ1) is 4.84. The molecule has 7 heavy (non-hydrogen) atoms. The van der Waals surface area contributed by atoms with Crippen molar-refractivity contribution in [3.05, 3.63) is 22.8 Å². The zero-order valence-corrected chi connectivity index (χ0v) is 4.83. The molecule has 1 aromatic heterocycles. The van der Waals surface area contributed by atoms with Gasteiger partial charge >= 0.3 is 0 Å². The summed E-state index contributed by atoms with van der Waals surface area (Å²) >= 11 is 2.84. The second kappa shape index (κ2) is 1.66. The van der Waals surface area contributed by atoms with Crippen molar-refractivity contribution in [1.29, 1.82) is 0 Å². The van der Waals surface area contributed by atoms with Crippen molar-refractivity contribution < 1.29 is 8.81 Å². The van der Waals surface area contributed by atoms with E-state index in [1.807, 2.05) is 0 Å². The molecular weight excluding hydrogens is 163 g/mol. The summed E-state index contributed by atoms with van der Waals surface area (Å²) in [7, 11) is 0. The predicted octanol–water partition coefficient (Wildman–Crippen LogP) is 1.98. The molecule has 1 aromatic rings. The normalized spacial score (nSPS) is 9.43. The lowest BCUT2D eigenvalue weighted by Gasteiger charge is -1.71. The van der Waals surface area contributed by atoms with Gasteiger partial charge < -0.3 is 4.42 Å². The SMILES string of the molecule is Fc1oc[c]c1Br. The van der Waals surface area contributed by atoms with Crippen molar-refractivity contribution in [3.63, 3.8) is 0 Å². The van der Waals surface area contributed by atoms with Gasteiger partial charge in [0.1, 0.15) is 10.7 Å². The van der Waals surface area contributed by atoms with Crippen LogP contribution in [-0.4, -0.2) is 0 Å². The average molecular weight is 164 g/mol. The van der Waals surface area contributed by atoms with Gasteiger partial charge in [-0.05, 0) is 15.9 Å². The van der Waals surface area contributed by atoms with Crippen LogP contribution < -0.4 is 0 Å². The Hall–Kier alpha value is -0.310. The molecule has 0 aliphatic rings. The van der Waals surface area contributed by atoms with Gasteiger partial charge in [0.05, 0.1) is 0 Å². The molecule has 1 heterocycles. The Kier molecular flexibility index (Phi) is 1.15. The highest BCUT2D eigenvalue weighted by molar-refractivity contribution is 9.10. The molecule has 0 aliphatic heterocycles. The van der Waals surface area contributed by atoms with E-state index in [1.54, 1.807) is 0 Å². The first-order chi connectivity index (χ1) is 3.30. The molecular formula is C4HBrFO. The molecule has 0 saturated carbocycles. The zero-order valence-electron chi connectivity index (χ0n) is 3.24. The highest BCUT2D eigenvalue weighted by atomic mass is 79.9. The summed E-state index contributed by atoms with van der Waals surface area (Å²) in [5.41, 5.74) is 0. The first-order valence-corrected chi connectivity index (χ1v) is 2.40. The Labute approximate surface area is 48.3 Å². The minimum Gasteiger partial charge on any atom is -0.438 e. The van der Waals surface area contributed by atoms with Gasteiger partial charge in [0, 0.05) is 6.07 Å². The van der Waals surface area contributed by atoms with Gasteiger partial charge in [0.2, 0.25) is 0 Å². The number of hydrogen-bond acceptors (Lipinski definition) is 1. The molecule has 0 saturated heterocycles. The van der Waals surface area contributed by atoms with Crippen LogP contribution in [0.5, 0.6) is 0 Å². The maximum Gasteiger partial charge on any atom is 0.292 e. The van der Waals surface area contributed by atoms with Crippen LogP contribution in [-0.2, 0) is 0 Å². The van der Waals surface area contributed by atoms with E-state index in [9.17, 15) is 4.39 Å². The smallest absolute Gasteiger partial charge is 0.292 e. The molecule has 1 radical (unpaired) electrons. The lowest BCUT2D eigenvalue weighted by molar-refractivity contribution is 0.355. The summed E-state index contributed by atoms with van der Waals surface area (Å²) in [6, 6.07) is 1.82. The molecule has 0 aliphatic carbocycles. The molecule has 0 spiro atoms. The molecule has 3 heteroatoms. The number of halogens is 2. The molecule has 0 bridgehead atoms. The van der Waals surface area contributed by atoms with E-state index in [4.69, 9.17) is 0 Å². The van der Waals surface area contributed by atoms with Crippen LogP contribution in [0.4, 0.5) is 4.39 Å². The van der Waals surface area contributed by atoms with E-state index in [-0.39, 0.29) is 4.47 Å². The van der Waals surface area contributed by atoms with Crippen molar-refractivity contribution >= 4 is 15.9 Å². The van der Waals surface area contributed by atoms with Gasteiger partial charge in [-0.2, -0.15) is 4.39 Å². The summed E-state index contributed by atoms with van der Waals surface area (Å²) in [6.07, 6.45) is 1.15. The molecule has 0 N–H and O–H groups in total. The third-order valence-corrected chi connectivity index (χ3v) is 1.06. The van der Waals surface area contributed by atoms with E-state index in [0.29, 0.717) is 0 Å². The lowest BCUT2D eigenvalue weighted by atomic mass is 10.7. The van der Waals surface area contributed by atoms with E-state index >= 15 is 0 Å². The van der Waals surface area contributed by atoms with Gasteiger partial charge in [-0.15, -0.1) is 0 Å². The van der Waals surface area contributed by atoms with Gasteiger partial charge in [0.15, 0.2) is 0 Å². The topological polar surface area (TPSA) is 13.1 Å². The largest absolute Gasteiger partial charge is 0.438 e. The Morgan fingerprint density at radius 1 is 1.86 bits per heavy atom. The molecule has 37 valence electrons. The molecule has 0 unspecified atom stereocenters. The minimum absolute atomic E-state index is 0.243. The van der Waals surface area contributed by atoms with Crippen molar-refractivity contribution in [2.45, 2.75) is 0 Å². The monoisotopic (exact) mass is 163 g/mol. The maximum absolute atomic E-state index is 11.8. The standard InChI is InChI=1S/C4HBrFO/c5-3-1-2-7-4(3)6/h2H. The van der Waals surface area contributed by atoms with Crippen LogP contribution in [0.1, 0.15) is 0 Å². The molecule has 0 fully saturated rings. The Morgan fingerprint density at radius 3 is 2.71 bits per heavy atom. The molecule has 0 atom stereocenters. The zero-order chi connectivity index (χ0) is 5.28. The fourth-order valence-corrected chi connectivity index (χ4v) is 0.428. The molecule has 0 aromatic carbocycles. The van der Waals surface area contributed by atoms with Crippen LogP contribution in [0.2, 0.25) is 0 Å². The second-order valence-electron chi connectivity index (χ2n) is 0.968. The minimum atomic E-state index is -0.625. The van der Waals surface area contributed by atoms with Crippen LogP contribution in [0, 0.1) is 12.1 Å². The van der Waals surface area contributed by atoms with Gasteiger partial charge in [-0.1, -0.05) is 0 Å². The van der Waals surface area contributed by atoms with E-state index < -0.39 is 6.01 Å². The lowest BCUT2D eigenvalue weighted by Crippen LogP contribution is -1.58. The molecule has 0 amide bonds. The van der Waals surface area contributed by atoms with Crippen LogP contribution in [0.25, 0.3) is 0 Å². The Morgan fingerprint density at radius 2 is 2.57 bits per heavy atom.